The van der Waals surface area contributed by atoms with E-state index in [0.29, 0.717) is 24.1 Å². The fraction of sp³-hybridized carbons (Fsp3) is 0.705. The van der Waals surface area contributed by atoms with E-state index in [-0.39, 0.29) is 25.8 Å². The summed E-state index contributed by atoms with van der Waals surface area (Å²) in [4.78, 5) is 22.5. The summed E-state index contributed by atoms with van der Waals surface area (Å²) in [5, 5.41) is 0. The maximum absolute atomic E-state index is 12.4. The number of rotatable bonds is 37. The van der Waals surface area contributed by atoms with Crippen LogP contribution in [0.25, 0.3) is 0 Å². The molecule has 0 aliphatic heterocycles. The fourth-order valence-corrected chi connectivity index (χ4v) is 5.82. The van der Waals surface area contributed by atoms with Gasteiger partial charge in [0.2, 0.25) is 0 Å². The van der Waals surface area contributed by atoms with Gasteiger partial charge in [0.05, 0.1) is 34.4 Å². The smallest absolute Gasteiger partial charge is 0.457 e. The number of likely N-dealkylation sites (N-methyl/N-ethyl adjacent to an activating group) is 1. The molecule has 0 amide bonds. The van der Waals surface area contributed by atoms with Crippen molar-refractivity contribution in [3.8, 4) is 0 Å². The van der Waals surface area contributed by atoms with Crippen molar-refractivity contribution in [3.05, 3.63) is 72.9 Å². The van der Waals surface area contributed by atoms with Gasteiger partial charge in [-0.25, -0.2) is 4.57 Å². The van der Waals surface area contributed by atoms with Crippen LogP contribution in [0.1, 0.15) is 142 Å². The number of hydrogen-bond acceptors (Lipinski definition) is 6. The Morgan fingerprint density at radius 3 is 1.64 bits per heavy atom. The lowest BCUT2D eigenvalue weighted by Crippen LogP contribution is -2.37. The van der Waals surface area contributed by atoms with Gasteiger partial charge in [0.1, 0.15) is 19.3 Å². The summed E-state index contributed by atoms with van der Waals surface area (Å²) in [6, 6.07) is 0. The molecule has 0 fully saturated rings. The van der Waals surface area contributed by atoms with Crippen LogP contribution in [0.2, 0.25) is 0 Å². The number of ether oxygens (including phenoxy) is 2. The molecule has 0 aliphatic carbocycles. The number of phosphoric acid groups is 1. The van der Waals surface area contributed by atoms with Gasteiger partial charge in [-0.3, -0.25) is 13.8 Å². The van der Waals surface area contributed by atoms with Gasteiger partial charge in [-0.05, 0) is 64.2 Å². The first-order valence-electron chi connectivity index (χ1n) is 20.7. The molecule has 306 valence electrons. The summed E-state index contributed by atoms with van der Waals surface area (Å²) in [6.07, 6.45) is 46.9. The minimum absolute atomic E-state index is 0.0828. The fourth-order valence-electron chi connectivity index (χ4n) is 5.08. The van der Waals surface area contributed by atoms with Crippen LogP contribution in [0.3, 0.4) is 0 Å². The van der Waals surface area contributed by atoms with Crippen molar-refractivity contribution < 1.29 is 37.3 Å². The summed E-state index contributed by atoms with van der Waals surface area (Å²) in [5.74, 6) is -0.335. The van der Waals surface area contributed by atoms with E-state index < -0.39 is 13.9 Å². The molecule has 1 N–H and O–H groups in total. The lowest BCUT2D eigenvalue weighted by Gasteiger charge is -2.24. The number of allylic oxidation sites excluding steroid dienone is 12. The van der Waals surface area contributed by atoms with Crippen molar-refractivity contribution >= 4 is 13.8 Å². The van der Waals surface area contributed by atoms with Gasteiger partial charge < -0.3 is 18.9 Å². The third-order valence-corrected chi connectivity index (χ3v) is 9.27. The van der Waals surface area contributed by atoms with Gasteiger partial charge in [-0.2, -0.15) is 0 Å². The lowest BCUT2D eigenvalue weighted by molar-refractivity contribution is -0.870. The molecule has 53 heavy (non-hydrogen) atoms. The second-order valence-electron chi connectivity index (χ2n) is 14.6. The zero-order chi connectivity index (χ0) is 39.1. The molecule has 2 unspecified atom stereocenters. The molecule has 0 heterocycles. The molecule has 0 aromatic heterocycles. The van der Waals surface area contributed by atoms with Crippen molar-refractivity contribution in [2.45, 2.75) is 148 Å². The molecule has 0 saturated carbocycles. The predicted molar refractivity (Wildman–Crippen MR) is 224 cm³/mol. The van der Waals surface area contributed by atoms with E-state index in [2.05, 4.69) is 86.8 Å². The van der Waals surface area contributed by atoms with Gasteiger partial charge >= 0.3 is 13.8 Å². The molecule has 0 rings (SSSR count). The zero-order valence-electron chi connectivity index (χ0n) is 34.5. The zero-order valence-corrected chi connectivity index (χ0v) is 35.4. The van der Waals surface area contributed by atoms with Crippen LogP contribution in [-0.4, -0.2) is 75.6 Å². The molecule has 0 aliphatic rings. The number of esters is 1. The van der Waals surface area contributed by atoms with Crippen molar-refractivity contribution in [2.24, 2.45) is 0 Å². The summed E-state index contributed by atoms with van der Waals surface area (Å²) in [7, 11) is 1.64. The Kier molecular flexibility index (Phi) is 35.5. The Morgan fingerprint density at radius 2 is 1.09 bits per heavy atom. The molecule has 9 heteroatoms. The van der Waals surface area contributed by atoms with E-state index in [1.54, 1.807) is 0 Å². The second-order valence-corrected chi connectivity index (χ2v) is 16.1. The summed E-state index contributed by atoms with van der Waals surface area (Å²) < 4.78 is 34.7. The number of carbonyl (C=O) groups excluding carboxylic acids is 1. The number of phosphoric ester groups is 1. The Morgan fingerprint density at radius 1 is 0.604 bits per heavy atom. The highest BCUT2D eigenvalue weighted by Gasteiger charge is 2.26. The van der Waals surface area contributed by atoms with Crippen molar-refractivity contribution in [2.75, 3.05) is 54.1 Å². The minimum atomic E-state index is -4.26. The van der Waals surface area contributed by atoms with Gasteiger partial charge in [-0.15, -0.1) is 0 Å². The Labute approximate surface area is 325 Å². The van der Waals surface area contributed by atoms with Crippen molar-refractivity contribution in [1.82, 2.24) is 0 Å². The lowest BCUT2D eigenvalue weighted by atomic mass is 10.1. The molecule has 0 aromatic carbocycles. The van der Waals surface area contributed by atoms with Crippen LogP contribution >= 0.6 is 7.82 Å². The van der Waals surface area contributed by atoms with Crippen LogP contribution in [0.4, 0.5) is 0 Å². The Bertz CT molecular complexity index is 1070. The molecule has 0 radical (unpaired) electrons. The van der Waals surface area contributed by atoms with E-state index in [4.69, 9.17) is 18.5 Å². The predicted octanol–water partition coefficient (Wildman–Crippen LogP) is 11.9. The van der Waals surface area contributed by atoms with Gasteiger partial charge in [0.25, 0.3) is 0 Å². The number of hydrogen-bond donors (Lipinski definition) is 1. The average Bonchev–Trinajstić information content (AvgIpc) is 3.11. The van der Waals surface area contributed by atoms with E-state index in [0.717, 1.165) is 89.9 Å². The Hall–Kier alpha value is -2.06. The SMILES string of the molecule is CC/C=C\C/C=C\C/C=C\C/C=C\C/C=C\C/C=C\CCCCCCCCCOCC(COP(=O)(O)OCC[N+](C)(C)C)OC(=O)CCCCCCC. The van der Waals surface area contributed by atoms with Gasteiger partial charge in [-0.1, -0.05) is 145 Å². The number of carbonyl (C=O) groups is 1. The minimum Gasteiger partial charge on any atom is -0.457 e. The molecule has 2 atom stereocenters. The van der Waals surface area contributed by atoms with E-state index in [1.807, 2.05) is 21.1 Å². The first-order valence-corrected chi connectivity index (χ1v) is 22.2. The van der Waals surface area contributed by atoms with Crippen molar-refractivity contribution in [3.63, 3.8) is 0 Å². The van der Waals surface area contributed by atoms with Gasteiger partial charge in [0.15, 0.2) is 0 Å². The Balaban J connectivity index is 4.03. The summed E-state index contributed by atoms with van der Waals surface area (Å²) in [5.41, 5.74) is 0. The van der Waals surface area contributed by atoms with E-state index in [1.165, 1.54) is 32.1 Å². The molecule has 0 saturated heterocycles. The van der Waals surface area contributed by atoms with E-state index in [9.17, 15) is 14.3 Å². The number of quaternary nitrogens is 1. The van der Waals surface area contributed by atoms with Crippen molar-refractivity contribution in [1.29, 1.82) is 0 Å². The van der Waals surface area contributed by atoms with E-state index >= 15 is 0 Å². The van der Waals surface area contributed by atoms with Crippen LogP contribution in [-0.2, 0) is 27.9 Å². The number of unbranched alkanes of at least 4 members (excludes halogenated alkanes) is 11. The molecular formula is C44H79NO7P+. The van der Waals surface area contributed by atoms with Gasteiger partial charge in [0, 0.05) is 13.0 Å². The molecule has 8 nitrogen and oxygen atoms in total. The molecule has 0 spiro atoms. The third kappa shape index (κ3) is 41.0. The quantitative estimate of drug-likeness (QED) is 0.0221. The third-order valence-electron chi connectivity index (χ3n) is 8.28. The first kappa shape index (κ1) is 50.9. The number of nitrogens with zero attached hydrogens (tertiary/aromatic N) is 1. The standard InChI is InChI=1S/C44H78NO7P/c1-6-8-10-12-13-14-15-16-17-18-19-20-21-22-23-24-25-26-27-28-29-30-31-32-34-36-39-49-41-43(52-44(46)37-35-33-11-9-7-2)42-51-53(47,48)50-40-38-45(3,4)5/h8,10,13-14,16-17,19-20,22-23,25-26,43H,6-7,9,11-12,15,18,21,24,27-42H2,1-5H3/p+1/b10-8-,14-13-,17-16-,20-19-,23-22-,26-25-. The maximum Gasteiger partial charge on any atom is 0.472 e. The largest absolute Gasteiger partial charge is 0.472 e. The molecule has 0 aromatic rings. The summed E-state index contributed by atoms with van der Waals surface area (Å²) >= 11 is 0. The normalized spacial score (nSPS) is 14.6. The summed E-state index contributed by atoms with van der Waals surface area (Å²) in [6.45, 7) is 5.36. The monoisotopic (exact) mass is 765 g/mol. The van der Waals surface area contributed by atoms with Crippen LogP contribution < -0.4 is 0 Å². The highest BCUT2D eigenvalue weighted by atomic mass is 31.2. The first-order chi connectivity index (χ1) is 25.6. The second kappa shape index (κ2) is 36.9. The highest BCUT2D eigenvalue weighted by molar-refractivity contribution is 7.47. The topological polar surface area (TPSA) is 91.3 Å². The average molecular weight is 765 g/mol. The molecular weight excluding hydrogens is 685 g/mol. The highest BCUT2D eigenvalue weighted by Crippen LogP contribution is 2.43. The molecule has 0 bridgehead atoms. The maximum atomic E-state index is 12.4. The van der Waals surface area contributed by atoms with Crippen LogP contribution in [0.5, 0.6) is 0 Å². The van der Waals surface area contributed by atoms with Crippen LogP contribution in [0.15, 0.2) is 72.9 Å². The van der Waals surface area contributed by atoms with Crippen LogP contribution in [0, 0.1) is 0 Å².